The minimum atomic E-state index is -0.301. The number of aliphatic hydroxyl groups is 1. The number of aliphatic hydroxyl groups excluding tert-OH is 1. The highest BCUT2D eigenvalue weighted by Gasteiger charge is 2.15. The zero-order valence-electron chi connectivity index (χ0n) is 11.1. The highest BCUT2D eigenvalue weighted by Crippen LogP contribution is 2.20. The Kier molecular flexibility index (Phi) is 4.39. The number of aromatic amines is 1. The van der Waals surface area contributed by atoms with Crippen LogP contribution in [0.3, 0.4) is 0 Å². The van der Waals surface area contributed by atoms with E-state index in [1.54, 1.807) is 0 Å². The van der Waals surface area contributed by atoms with Gasteiger partial charge in [-0.1, -0.05) is 28.1 Å². The van der Waals surface area contributed by atoms with Crippen molar-refractivity contribution in [3.8, 4) is 11.3 Å². The fourth-order valence-electron chi connectivity index (χ4n) is 1.61. The zero-order chi connectivity index (χ0) is 13.9. The van der Waals surface area contributed by atoms with E-state index >= 15 is 0 Å². The van der Waals surface area contributed by atoms with Gasteiger partial charge >= 0.3 is 0 Å². The van der Waals surface area contributed by atoms with E-state index in [0.29, 0.717) is 6.54 Å². The van der Waals surface area contributed by atoms with Gasteiger partial charge in [-0.05, 0) is 31.5 Å². The largest absolute Gasteiger partial charge is 0.394 e. The van der Waals surface area contributed by atoms with Crippen molar-refractivity contribution >= 4 is 15.9 Å². The Morgan fingerprint density at radius 3 is 2.63 bits per heavy atom. The number of imidazole rings is 1. The molecule has 0 unspecified atom stereocenters. The van der Waals surface area contributed by atoms with Gasteiger partial charge in [0, 0.05) is 10.0 Å². The van der Waals surface area contributed by atoms with Gasteiger partial charge in [0.25, 0.3) is 0 Å². The number of H-pyrrole nitrogens is 1. The molecule has 1 heterocycles. The average Bonchev–Trinajstić information content (AvgIpc) is 2.86. The Bertz CT molecular complexity index is 534. The monoisotopic (exact) mass is 323 g/mol. The minimum Gasteiger partial charge on any atom is -0.394 e. The summed E-state index contributed by atoms with van der Waals surface area (Å²) in [6.07, 6.45) is 1.83. The van der Waals surface area contributed by atoms with Crippen LogP contribution in [0.15, 0.2) is 34.9 Å². The summed E-state index contributed by atoms with van der Waals surface area (Å²) >= 11 is 3.42. The molecule has 0 spiro atoms. The summed E-state index contributed by atoms with van der Waals surface area (Å²) in [6, 6.07) is 8.07. The van der Waals surface area contributed by atoms with Crippen LogP contribution in [-0.4, -0.2) is 27.2 Å². The number of benzene rings is 1. The quantitative estimate of drug-likeness (QED) is 0.792. The Morgan fingerprint density at radius 1 is 1.32 bits per heavy atom. The van der Waals surface area contributed by atoms with Gasteiger partial charge in [0.05, 0.1) is 25.0 Å². The van der Waals surface area contributed by atoms with E-state index < -0.39 is 0 Å². The van der Waals surface area contributed by atoms with Crippen LogP contribution < -0.4 is 5.32 Å². The average molecular weight is 324 g/mol. The molecule has 19 heavy (non-hydrogen) atoms. The molecule has 2 aromatic rings. The molecule has 4 nitrogen and oxygen atoms in total. The summed E-state index contributed by atoms with van der Waals surface area (Å²) in [6.45, 7) is 4.59. The van der Waals surface area contributed by atoms with Crippen molar-refractivity contribution in [2.45, 2.75) is 25.9 Å². The number of nitrogens with one attached hydrogen (secondary N) is 2. The SMILES string of the molecule is CC(C)(CO)NCc1ncc(-c2ccc(Br)cc2)[nH]1. The molecule has 0 fully saturated rings. The summed E-state index contributed by atoms with van der Waals surface area (Å²) in [4.78, 5) is 7.62. The molecule has 0 aliphatic carbocycles. The number of hydrogen-bond acceptors (Lipinski definition) is 3. The summed E-state index contributed by atoms with van der Waals surface area (Å²) < 4.78 is 1.06. The Balaban J connectivity index is 2.05. The number of nitrogens with zero attached hydrogens (tertiary/aromatic N) is 1. The highest BCUT2D eigenvalue weighted by molar-refractivity contribution is 9.10. The smallest absolute Gasteiger partial charge is 0.120 e. The predicted molar refractivity (Wildman–Crippen MR) is 79.7 cm³/mol. The number of rotatable bonds is 5. The first kappa shape index (κ1) is 14.2. The standard InChI is InChI=1S/C14H18BrN3O/c1-14(2,9-19)17-8-13-16-7-12(18-13)10-3-5-11(15)6-4-10/h3-7,17,19H,8-9H2,1-2H3,(H,16,18). The topological polar surface area (TPSA) is 60.9 Å². The maximum absolute atomic E-state index is 9.18. The van der Waals surface area contributed by atoms with E-state index in [0.717, 1.165) is 21.6 Å². The molecular weight excluding hydrogens is 306 g/mol. The fraction of sp³-hybridized carbons (Fsp3) is 0.357. The van der Waals surface area contributed by atoms with Crippen molar-refractivity contribution < 1.29 is 5.11 Å². The van der Waals surface area contributed by atoms with E-state index in [2.05, 4.69) is 31.2 Å². The lowest BCUT2D eigenvalue weighted by atomic mass is 10.1. The van der Waals surface area contributed by atoms with Gasteiger partial charge < -0.3 is 15.4 Å². The Labute approximate surface area is 121 Å². The first-order valence-electron chi connectivity index (χ1n) is 6.16. The molecule has 2 rings (SSSR count). The van der Waals surface area contributed by atoms with Gasteiger partial charge in [-0.25, -0.2) is 4.98 Å². The van der Waals surface area contributed by atoms with Crippen LogP contribution in [0.1, 0.15) is 19.7 Å². The van der Waals surface area contributed by atoms with Crippen molar-refractivity contribution in [1.29, 1.82) is 0 Å². The van der Waals surface area contributed by atoms with Gasteiger partial charge in [-0.15, -0.1) is 0 Å². The van der Waals surface area contributed by atoms with Gasteiger partial charge in [-0.3, -0.25) is 0 Å². The van der Waals surface area contributed by atoms with Gasteiger partial charge in [-0.2, -0.15) is 0 Å². The second-order valence-electron chi connectivity index (χ2n) is 5.15. The molecule has 1 aromatic carbocycles. The number of aromatic nitrogens is 2. The Morgan fingerprint density at radius 2 is 2.00 bits per heavy atom. The molecule has 1 aromatic heterocycles. The van der Waals surface area contributed by atoms with Crippen molar-refractivity contribution in [1.82, 2.24) is 15.3 Å². The summed E-state index contributed by atoms with van der Waals surface area (Å²) in [5.74, 6) is 0.861. The third-order valence-electron chi connectivity index (χ3n) is 2.91. The second-order valence-corrected chi connectivity index (χ2v) is 6.06. The van der Waals surface area contributed by atoms with E-state index in [1.165, 1.54) is 0 Å². The van der Waals surface area contributed by atoms with Crippen LogP contribution in [0.4, 0.5) is 0 Å². The van der Waals surface area contributed by atoms with E-state index in [-0.39, 0.29) is 12.1 Å². The maximum Gasteiger partial charge on any atom is 0.120 e. The van der Waals surface area contributed by atoms with E-state index in [1.807, 2.05) is 44.3 Å². The molecule has 5 heteroatoms. The fourth-order valence-corrected chi connectivity index (χ4v) is 1.87. The molecule has 0 amide bonds. The van der Waals surface area contributed by atoms with Gasteiger partial charge in [0.2, 0.25) is 0 Å². The van der Waals surface area contributed by atoms with Crippen LogP contribution in [0.5, 0.6) is 0 Å². The summed E-state index contributed by atoms with van der Waals surface area (Å²) in [5.41, 5.74) is 1.79. The van der Waals surface area contributed by atoms with Gasteiger partial charge in [0.1, 0.15) is 5.82 Å². The van der Waals surface area contributed by atoms with Gasteiger partial charge in [0.15, 0.2) is 0 Å². The third kappa shape index (κ3) is 3.89. The lowest BCUT2D eigenvalue weighted by molar-refractivity contribution is 0.186. The van der Waals surface area contributed by atoms with Crippen molar-refractivity contribution in [2.75, 3.05) is 6.61 Å². The number of hydrogen-bond donors (Lipinski definition) is 3. The van der Waals surface area contributed by atoms with Crippen LogP contribution in [0, 0.1) is 0 Å². The molecule has 0 aliphatic rings. The minimum absolute atomic E-state index is 0.0906. The van der Waals surface area contributed by atoms with Crippen LogP contribution >= 0.6 is 15.9 Å². The normalized spacial score (nSPS) is 11.8. The predicted octanol–water partition coefficient (Wildman–Crippen LogP) is 2.70. The third-order valence-corrected chi connectivity index (χ3v) is 3.44. The number of halogens is 1. The molecule has 0 aliphatic heterocycles. The summed E-state index contributed by atoms with van der Waals surface area (Å²) in [5, 5.41) is 12.4. The Hall–Kier alpha value is -1.17. The maximum atomic E-state index is 9.18. The molecule has 3 N–H and O–H groups in total. The molecular formula is C14H18BrN3O. The lowest BCUT2D eigenvalue weighted by Gasteiger charge is -2.22. The first-order chi connectivity index (χ1) is 9.00. The van der Waals surface area contributed by atoms with Crippen LogP contribution in [0.25, 0.3) is 11.3 Å². The van der Waals surface area contributed by atoms with Crippen molar-refractivity contribution in [3.05, 3.63) is 40.8 Å². The second kappa shape index (κ2) is 5.86. The van der Waals surface area contributed by atoms with Crippen molar-refractivity contribution in [2.24, 2.45) is 0 Å². The molecule has 0 saturated heterocycles. The lowest BCUT2D eigenvalue weighted by Crippen LogP contribution is -2.42. The molecule has 0 bridgehead atoms. The first-order valence-corrected chi connectivity index (χ1v) is 6.95. The summed E-state index contributed by atoms with van der Waals surface area (Å²) in [7, 11) is 0. The van der Waals surface area contributed by atoms with E-state index in [4.69, 9.17) is 0 Å². The van der Waals surface area contributed by atoms with Crippen LogP contribution in [0.2, 0.25) is 0 Å². The van der Waals surface area contributed by atoms with E-state index in [9.17, 15) is 5.11 Å². The molecule has 102 valence electrons. The molecule has 0 saturated carbocycles. The highest BCUT2D eigenvalue weighted by atomic mass is 79.9. The van der Waals surface area contributed by atoms with Crippen LogP contribution in [-0.2, 0) is 6.54 Å². The zero-order valence-corrected chi connectivity index (χ0v) is 12.7. The molecule has 0 radical (unpaired) electrons. The molecule has 0 atom stereocenters. The van der Waals surface area contributed by atoms with Crippen molar-refractivity contribution in [3.63, 3.8) is 0 Å².